The summed E-state index contributed by atoms with van der Waals surface area (Å²) in [7, 11) is 1.43. The molecule has 0 aromatic heterocycles. The third-order valence-electron chi connectivity index (χ3n) is 6.00. The molecule has 0 amide bonds. The Morgan fingerprint density at radius 2 is 1.91 bits per heavy atom. The van der Waals surface area contributed by atoms with Crippen molar-refractivity contribution in [2.24, 2.45) is 11.1 Å². The molecule has 4 rings (SSSR count). The summed E-state index contributed by atoms with van der Waals surface area (Å²) in [5.41, 5.74) is 8.84. The van der Waals surface area contributed by atoms with Crippen molar-refractivity contribution in [3.63, 3.8) is 0 Å². The molecule has 1 atom stereocenters. The number of hydrogen-bond donors (Lipinski definition) is 2. The van der Waals surface area contributed by atoms with Crippen molar-refractivity contribution in [2.75, 3.05) is 12.0 Å². The Balaban J connectivity index is 1.99. The van der Waals surface area contributed by atoms with Crippen LogP contribution >= 0.6 is 0 Å². The van der Waals surface area contributed by atoms with E-state index in [0.717, 1.165) is 0 Å². The SMILES string of the molecule is COc1cc(C2C(C#N)=C(N)N(c3ccc(F)cc3)C3=C2C(=O)CC(C)(C)C3)ccc1O. The molecule has 0 radical (unpaired) electrons. The molecule has 32 heavy (non-hydrogen) atoms. The number of hydrogen-bond acceptors (Lipinski definition) is 6. The summed E-state index contributed by atoms with van der Waals surface area (Å²) in [6.07, 6.45) is 0.879. The van der Waals surface area contributed by atoms with Gasteiger partial charge in [0.05, 0.1) is 24.7 Å². The van der Waals surface area contributed by atoms with Crippen LogP contribution in [-0.4, -0.2) is 18.0 Å². The van der Waals surface area contributed by atoms with Crippen LogP contribution in [0.15, 0.2) is 65.1 Å². The molecule has 0 saturated carbocycles. The van der Waals surface area contributed by atoms with E-state index in [4.69, 9.17) is 10.5 Å². The molecule has 1 unspecified atom stereocenters. The van der Waals surface area contributed by atoms with Gasteiger partial charge in [0.15, 0.2) is 17.3 Å². The van der Waals surface area contributed by atoms with Gasteiger partial charge in [-0.05, 0) is 53.8 Å². The Hall–Kier alpha value is -3.79. The first kappa shape index (κ1) is 21.4. The van der Waals surface area contributed by atoms with Crippen LogP contribution in [0.4, 0.5) is 10.1 Å². The zero-order valence-electron chi connectivity index (χ0n) is 18.1. The van der Waals surface area contributed by atoms with E-state index >= 15 is 0 Å². The second-order valence-corrected chi connectivity index (χ2v) is 8.89. The highest BCUT2D eigenvalue weighted by atomic mass is 19.1. The molecule has 1 aliphatic heterocycles. The number of Topliss-reactive ketones (excluding diaryl/α,β-unsaturated/α-hetero) is 1. The van der Waals surface area contributed by atoms with E-state index in [2.05, 4.69) is 6.07 Å². The van der Waals surface area contributed by atoms with Gasteiger partial charge in [0.1, 0.15) is 11.6 Å². The van der Waals surface area contributed by atoms with Crippen molar-refractivity contribution in [1.82, 2.24) is 0 Å². The predicted octanol–water partition coefficient (Wildman–Crippen LogP) is 4.48. The van der Waals surface area contributed by atoms with Crippen LogP contribution in [0, 0.1) is 22.6 Å². The quantitative estimate of drug-likeness (QED) is 0.740. The highest BCUT2D eigenvalue weighted by Crippen LogP contribution is 2.50. The molecule has 1 heterocycles. The number of phenolic OH excluding ortho intramolecular Hbond substituents is 1. The number of rotatable bonds is 3. The van der Waals surface area contributed by atoms with Crippen LogP contribution in [-0.2, 0) is 4.79 Å². The monoisotopic (exact) mass is 433 g/mol. The maximum Gasteiger partial charge on any atom is 0.162 e. The zero-order chi connectivity index (χ0) is 23.2. The Bertz CT molecular complexity index is 1210. The Morgan fingerprint density at radius 3 is 2.53 bits per heavy atom. The number of aromatic hydroxyl groups is 1. The molecule has 6 nitrogen and oxygen atoms in total. The number of methoxy groups -OCH3 is 1. The van der Waals surface area contributed by atoms with E-state index in [0.29, 0.717) is 35.4 Å². The number of carbonyl (C=O) groups excluding carboxylic acids is 1. The van der Waals surface area contributed by atoms with Gasteiger partial charge in [-0.2, -0.15) is 5.26 Å². The lowest BCUT2D eigenvalue weighted by atomic mass is 9.68. The molecule has 2 aromatic rings. The molecule has 0 saturated heterocycles. The van der Waals surface area contributed by atoms with Gasteiger partial charge < -0.3 is 15.6 Å². The van der Waals surface area contributed by atoms with Crippen LogP contribution in [0.5, 0.6) is 11.5 Å². The van der Waals surface area contributed by atoms with E-state index in [1.807, 2.05) is 13.8 Å². The fourth-order valence-electron chi connectivity index (χ4n) is 4.60. The molecular weight excluding hydrogens is 409 g/mol. The topological polar surface area (TPSA) is 99.6 Å². The van der Waals surface area contributed by atoms with Gasteiger partial charge in [-0.1, -0.05) is 19.9 Å². The van der Waals surface area contributed by atoms with Crippen molar-refractivity contribution >= 4 is 11.5 Å². The van der Waals surface area contributed by atoms with E-state index in [1.165, 1.54) is 25.3 Å². The Labute approximate surface area is 186 Å². The summed E-state index contributed by atoms with van der Waals surface area (Å²) in [5.74, 6) is -0.756. The van der Waals surface area contributed by atoms with Crippen LogP contribution < -0.4 is 15.4 Å². The zero-order valence-corrected chi connectivity index (χ0v) is 18.1. The average Bonchev–Trinajstić information content (AvgIpc) is 2.73. The molecule has 3 N–H and O–H groups in total. The number of allylic oxidation sites excluding steroid dienone is 3. The molecule has 0 spiro atoms. The van der Waals surface area contributed by atoms with Crippen LogP contribution in [0.1, 0.15) is 38.2 Å². The molecule has 0 bridgehead atoms. The fraction of sp³-hybridized carbons (Fsp3) is 0.280. The van der Waals surface area contributed by atoms with Gasteiger partial charge >= 0.3 is 0 Å². The van der Waals surface area contributed by atoms with Gasteiger partial charge in [0, 0.05) is 23.4 Å². The number of ketones is 1. The molecule has 1 aliphatic carbocycles. The Morgan fingerprint density at radius 1 is 1.22 bits per heavy atom. The van der Waals surface area contributed by atoms with E-state index in [-0.39, 0.29) is 34.1 Å². The molecular formula is C25H24FN3O3. The number of nitriles is 1. The molecule has 2 aliphatic rings. The molecule has 0 fully saturated rings. The van der Waals surface area contributed by atoms with Gasteiger partial charge in [0.2, 0.25) is 0 Å². The first-order chi connectivity index (χ1) is 15.2. The second kappa shape index (κ2) is 7.72. The first-order valence-electron chi connectivity index (χ1n) is 10.3. The number of anilines is 1. The lowest BCUT2D eigenvalue weighted by Gasteiger charge is -2.43. The van der Waals surface area contributed by atoms with E-state index in [1.54, 1.807) is 29.2 Å². The normalized spacial score (nSPS) is 20.2. The highest BCUT2D eigenvalue weighted by Gasteiger charge is 2.44. The van der Waals surface area contributed by atoms with Crippen LogP contribution in [0.3, 0.4) is 0 Å². The lowest BCUT2D eigenvalue weighted by molar-refractivity contribution is -0.118. The molecule has 164 valence electrons. The van der Waals surface area contributed by atoms with E-state index in [9.17, 15) is 19.6 Å². The molecule has 2 aromatic carbocycles. The second-order valence-electron chi connectivity index (χ2n) is 8.89. The maximum atomic E-state index is 13.6. The minimum Gasteiger partial charge on any atom is -0.504 e. The smallest absolute Gasteiger partial charge is 0.162 e. The van der Waals surface area contributed by atoms with Crippen LogP contribution in [0.25, 0.3) is 0 Å². The van der Waals surface area contributed by atoms with Crippen LogP contribution in [0.2, 0.25) is 0 Å². The number of ether oxygens (including phenoxy) is 1. The third-order valence-corrected chi connectivity index (χ3v) is 6.00. The van der Waals surface area contributed by atoms with Crippen molar-refractivity contribution < 1.29 is 19.0 Å². The highest BCUT2D eigenvalue weighted by molar-refractivity contribution is 6.01. The Kier molecular flexibility index (Phi) is 5.17. The van der Waals surface area contributed by atoms with Crippen molar-refractivity contribution in [2.45, 2.75) is 32.6 Å². The number of nitrogens with zero attached hydrogens (tertiary/aromatic N) is 2. The number of benzene rings is 2. The summed E-state index contributed by atoms with van der Waals surface area (Å²) < 4.78 is 18.8. The summed E-state index contributed by atoms with van der Waals surface area (Å²) >= 11 is 0. The van der Waals surface area contributed by atoms with Gasteiger partial charge in [-0.15, -0.1) is 0 Å². The summed E-state index contributed by atoms with van der Waals surface area (Å²) in [4.78, 5) is 15.1. The number of phenols is 1. The largest absolute Gasteiger partial charge is 0.504 e. The third kappa shape index (κ3) is 3.48. The van der Waals surface area contributed by atoms with Gasteiger partial charge in [-0.25, -0.2) is 4.39 Å². The van der Waals surface area contributed by atoms with Gasteiger partial charge in [0.25, 0.3) is 0 Å². The van der Waals surface area contributed by atoms with Gasteiger partial charge in [-0.3, -0.25) is 9.69 Å². The van der Waals surface area contributed by atoms with E-state index < -0.39 is 11.7 Å². The average molecular weight is 433 g/mol. The fourth-order valence-corrected chi connectivity index (χ4v) is 4.60. The van der Waals surface area contributed by atoms with Crippen molar-refractivity contribution in [3.8, 4) is 17.6 Å². The predicted molar refractivity (Wildman–Crippen MR) is 118 cm³/mol. The van der Waals surface area contributed by atoms with Crippen molar-refractivity contribution in [1.29, 1.82) is 5.26 Å². The molecule has 7 heteroatoms. The number of halogens is 1. The summed E-state index contributed by atoms with van der Waals surface area (Å²) in [6.45, 7) is 4.02. The summed E-state index contributed by atoms with van der Waals surface area (Å²) in [5, 5.41) is 20.1. The number of nitrogens with two attached hydrogens (primary N) is 1. The first-order valence-corrected chi connectivity index (χ1v) is 10.3. The number of carbonyl (C=O) groups is 1. The van der Waals surface area contributed by atoms with Crippen molar-refractivity contribution in [3.05, 3.63) is 76.5 Å². The minimum atomic E-state index is -0.690. The minimum absolute atomic E-state index is 0.0410. The summed E-state index contributed by atoms with van der Waals surface area (Å²) in [6, 6.07) is 12.8. The maximum absolute atomic E-state index is 13.6. The lowest BCUT2D eigenvalue weighted by Crippen LogP contribution is -2.42. The standard InChI is InChI=1S/C25H24FN3O3/c1-25(2)11-18-23(20(31)12-25)22(14-4-9-19(30)21(10-14)32-3)17(13-27)24(28)29(18)16-7-5-15(26)6-8-16/h4-10,22,30H,11-12,28H2,1-3H3.